The summed E-state index contributed by atoms with van der Waals surface area (Å²) in [4.78, 5) is 29.5. The fourth-order valence-corrected chi connectivity index (χ4v) is 3.91. The van der Waals surface area contributed by atoms with E-state index in [0.29, 0.717) is 18.0 Å². The van der Waals surface area contributed by atoms with Crippen LogP contribution in [0.3, 0.4) is 0 Å². The summed E-state index contributed by atoms with van der Waals surface area (Å²) >= 11 is 1.43. The van der Waals surface area contributed by atoms with E-state index in [-0.39, 0.29) is 36.3 Å². The highest BCUT2D eigenvalue weighted by Gasteiger charge is 2.37. The molecule has 5 nitrogen and oxygen atoms in total. The summed E-state index contributed by atoms with van der Waals surface area (Å²) in [5.74, 6) is 0.0646. The van der Waals surface area contributed by atoms with Gasteiger partial charge in [0.1, 0.15) is 6.04 Å². The van der Waals surface area contributed by atoms with Crippen molar-refractivity contribution in [2.75, 3.05) is 19.6 Å². The summed E-state index contributed by atoms with van der Waals surface area (Å²) in [5.41, 5.74) is 5.96. The number of hydrogen-bond acceptors (Lipinski definition) is 4. The Bertz CT molecular complexity index is 523. The molecule has 0 saturated carbocycles. The molecular formula is C15H22ClN3O2S. The second kappa shape index (κ2) is 7.44. The van der Waals surface area contributed by atoms with E-state index in [0.717, 1.165) is 32.2 Å². The molecule has 3 heterocycles. The lowest BCUT2D eigenvalue weighted by Crippen LogP contribution is -2.52. The Morgan fingerprint density at radius 3 is 2.68 bits per heavy atom. The van der Waals surface area contributed by atoms with E-state index in [1.807, 2.05) is 22.4 Å². The molecule has 2 aliphatic rings. The lowest BCUT2D eigenvalue weighted by atomic mass is 10.0. The Morgan fingerprint density at radius 2 is 2.00 bits per heavy atom. The first-order chi connectivity index (χ1) is 10.2. The largest absolute Gasteiger partial charge is 0.339 e. The highest BCUT2D eigenvalue weighted by atomic mass is 35.5. The second-order valence-corrected chi connectivity index (χ2v) is 6.77. The van der Waals surface area contributed by atoms with Crippen LogP contribution in [0.25, 0.3) is 0 Å². The van der Waals surface area contributed by atoms with Crippen LogP contribution in [0.2, 0.25) is 0 Å². The minimum Gasteiger partial charge on any atom is -0.339 e. The predicted octanol–water partition coefficient (Wildman–Crippen LogP) is 1.72. The van der Waals surface area contributed by atoms with Gasteiger partial charge in [-0.05, 0) is 37.1 Å². The van der Waals surface area contributed by atoms with Gasteiger partial charge < -0.3 is 15.5 Å². The van der Waals surface area contributed by atoms with Gasteiger partial charge in [-0.15, -0.1) is 23.7 Å². The highest BCUT2D eigenvalue weighted by molar-refractivity contribution is 7.12. The van der Waals surface area contributed by atoms with Crippen LogP contribution >= 0.6 is 23.7 Å². The summed E-state index contributed by atoms with van der Waals surface area (Å²) in [6.07, 6.45) is 3.60. The summed E-state index contributed by atoms with van der Waals surface area (Å²) in [6, 6.07) is 3.47. The van der Waals surface area contributed by atoms with E-state index < -0.39 is 0 Å². The Kier molecular flexibility index (Phi) is 5.83. The van der Waals surface area contributed by atoms with Crippen LogP contribution in [0.15, 0.2) is 17.5 Å². The number of amides is 2. The van der Waals surface area contributed by atoms with Gasteiger partial charge in [-0.3, -0.25) is 9.59 Å². The molecule has 2 aliphatic heterocycles. The molecular weight excluding hydrogens is 322 g/mol. The number of likely N-dealkylation sites (tertiary alicyclic amines) is 2. The first-order valence-electron chi connectivity index (χ1n) is 7.55. The van der Waals surface area contributed by atoms with Gasteiger partial charge in [0, 0.05) is 25.7 Å². The van der Waals surface area contributed by atoms with Crippen LogP contribution < -0.4 is 5.73 Å². The van der Waals surface area contributed by atoms with Crippen molar-refractivity contribution in [2.24, 2.45) is 5.73 Å². The lowest BCUT2D eigenvalue weighted by Gasteiger charge is -2.34. The molecule has 1 aromatic rings. The topological polar surface area (TPSA) is 66.6 Å². The molecule has 2 N–H and O–H groups in total. The molecule has 2 atom stereocenters. The Labute approximate surface area is 140 Å². The predicted molar refractivity (Wildman–Crippen MR) is 89.4 cm³/mol. The number of nitrogens with zero attached hydrogens (tertiary/aromatic N) is 2. The van der Waals surface area contributed by atoms with Gasteiger partial charge in [0.15, 0.2) is 0 Å². The third-order valence-corrected chi connectivity index (χ3v) is 5.16. The summed E-state index contributed by atoms with van der Waals surface area (Å²) < 4.78 is 0. The van der Waals surface area contributed by atoms with E-state index in [2.05, 4.69) is 0 Å². The van der Waals surface area contributed by atoms with Crippen molar-refractivity contribution in [2.45, 2.75) is 37.8 Å². The average molecular weight is 344 g/mol. The Hall–Kier alpha value is -1.11. The minimum absolute atomic E-state index is 0. The van der Waals surface area contributed by atoms with Gasteiger partial charge in [-0.2, -0.15) is 0 Å². The van der Waals surface area contributed by atoms with Crippen LogP contribution in [0.1, 0.15) is 35.4 Å². The first kappa shape index (κ1) is 17.2. The van der Waals surface area contributed by atoms with Gasteiger partial charge in [0.05, 0.1) is 4.88 Å². The quantitative estimate of drug-likeness (QED) is 0.889. The second-order valence-electron chi connectivity index (χ2n) is 5.82. The number of rotatable bonds is 2. The van der Waals surface area contributed by atoms with Gasteiger partial charge in [0.2, 0.25) is 5.91 Å². The first-order valence-corrected chi connectivity index (χ1v) is 8.43. The summed E-state index contributed by atoms with van der Waals surface area (Å²) in [5, 5.41) is 1.89. The maximum absolute atomic E-state index is 12.7. The molecule has 2 unspecified atom stereocenters. The van der Waals surface area contributed by atoms with E-state index >= 15 is 0 Å². The molecule has 0 radical (unpaired) electrons. The van der Waals surface area contributed by atoms with Crippen LogP contribution in [0.5, 0.6) is 0 Å². The molecule has 2 amide bonds. The zero-order valence-electron chi connectivity index (χ0n) is 12.4. The number of piperidine rings is 1. The van der Waals surface area contributed by atoms with Gasteiger partial charge in [0.25, 0.3) is 5.91 Å². The molecule has 0 bridgehead atoms. The summed E-state index contributed by atoms with van der Waals surface area (Å²) in [7, 11) is 0. The van der Waals surface area contributed by atoms with Crippen molar-refractivity contribution in [1.29, 1.82) is 0 Å². The normalized spacial score (nSPS) is 25.0. The SMILES string of the molecule is Cl.NC1CCCN(C(=O)C2CCCN2C(=O)c2cccs2)C1. The molecule has 1 aromatic heterocycles. The van der Waals surface area contributed by atoms with Crippen molar-refractivity contribution in [1.82, 2.24) is 9.80 Å². The van der Waals surface area contributed by atoms with Crippen molar-refractivity contribution < 1.29 is 9.59 Å². The molecule has 7 heteroatoms. The molecule has 3 rings (SSSR count). The zero-order valence-corrected chi connectivity index (χ0v) is 14.1. The molecule has 2 fully saturated rings. The third-order valence-electron chi connectivity index (χ3n) is 4.30. The number of halogens is 1. The van der Waals surface area contributed by atoms with Crippen LogP contribution in [-0.2, 0) is 4.79 Å². The molecule has 0 aliphatic carbocycles. The number of hydrogen-bond donors (Lipinski definition) is 1. The van der Waals surface area contributed by atoms with E-state index in [9.17, 15) is 9.59 Å². The molecule has 0 aromatic carbocycles. The smallest absolute Gasteiger partial charge is 0.264 e. The van der Waals surface area contributed by atoms with E-state index in [1.165, 1.54) is 11.3 Å². The monoisotopic (exact) mass is 343 g/mol. The van der Waals surface area contributed by atoms with Crippen molar-refractivity contribution in [3.05, 3.63) is 22.4 Å². The highest BCUT2D eigenvalue weighted by Crippen LogP contribution is 2.24. The molecule has 122 valence electrons. The van der Waals surface area contributed by atoms with Gasteiger partial charge in [-0.1, -0.05) is 6.07 Å². The number of thiophene rings is 1. The van der Waals surface area contributed by atoms with Crippen molar-refractivity contribution >= 4 is 35.6 Å². The molecule has 0 spiro atoms. The van der Waals surface area contributed by atoms with Crippen LogP contribution in [0.4, 0.5) is 0 Å². The van der Waals surface area contributed by atoms with Crippen molar-refractivity contribution in [3.63, 3.8) is 0 Å². The fraction of sp³-hybridized carbons (Fsp3) is 0.600. The zero-order chi connectivity index (χ0) is 14.8. The Balaban J connectivity index is 0.00000176. The van der Waals surface area contributed by atoms with E-state index in [1.54, 1.807) is 4.90 Å². The molecule has 22 heavy (non-hydrogen) atoms. The van der Waals surface area contributed by atoms with Crippen LogP contribution in [-0.4, -0.2) is 53.3 Å². The maximum Gasteiger partial charge on any atom is 0.264 e. The number of carbonyl (C=O) groups is 2. The Morgan fingerprint density at radius 1 is 1.23 bits per heavy atom. The van der Waals surface area contributed by atoms with Gasteiger partial charge >= 0.3 is 0 Å². The van der Waals surface area contributed by atoms with Crippen molar-refractivity contribution in [3.8, 4) is 0 Å². The van der Waals surface area contributed by atoms with Crippen LogP contribution in [0, 0.1) is 0 Å². The number of nitrogens with two attached hydrogens (primary N) is 1. The standard InChI is InChI=1S/C15H21N3O2S.ClH/c16-11-4-1-7-17(10-11)14(19)12-5-2-8-18(12)15(20)13-6-3-9-21-13;/h3,6,9,11-12H,1-2,4-5,7-8,10,16H2;1H. The number of carbonyl (C=O) groups excluding carboxylic acids is 2. The fourth-order valence-electron chi connectivity index (χ4n) is 3.23. The minimum atomic E-state index is -0.301. The maximum atomic E-state index is 12.7. The lowest BCUT2D eigenvalue weighted by molar-refractivity contribution is -0.136. The summed E-state index contributed by atoms with van der Waals surface area (Å²) in [6.45, 7) is 2.06. The third kappa shape index (κ3) is 3.45. The average Bonchev–Trinajstić information content (AvgIpc) is 3.17. The molecule has 2 saturated heterocycles. The van der Waals surface area contributed by atoms with E-state index in [4.69, 9.17) is 5.73 Å². The van der Waals surface area contributed by atoms with Gasteiger partial charge in [-0.25, -0.2) is 0 Å².